The van der Waals surface area contributed by atoms with Gasteiger partial charge in [0.05, 0.1) is 12.0 Å². The maximum Gasteiger partial charge on any atom is 0.307 e. The minimum absolute atomic E-state index is 0.244. The molecule has 0 saturated carbocycles. The molecule has 21 heavy (non-hydrogen) atoms. The van der Waals surface area contributed by atoms with E-state index in [0.717, 1.165) is 18.2 Å². The van der Waals surface area contributed by atoms with Crippen LogP contribution in [-0.2, 0) is 11.2 Å². The summed E-state index contributed by atoms with van der Waals surface area (Å²) in [7, 11) is 0. The van der Waals surface area contributed by atoms with Crippen molar-refractivity contribution in [3.8, 4) is 0 Å². The number of carbonyl (C=O) groups is 2. The molecule has 1 amide bonds. The average Bonchev–Trinajstić information content (AvgIpc) is 2.43. The van der Waals surface area contributed by atoms with E-state index in [1.807, 2.05) is 0 Å². The van der Waals surface area contributed by atoms with Crippen molar-refractivity contribution in [1.29, 1.82) is 0 Å². The second kappa shape index (κ2) is 6.13. The van der Waals surface area contributed by atoms with Crippen LogP contribution in [0.25, 0.3) is 0 Å². The third kappa shape index (κ3) is 3.62. The zero-order valence-corrected chi connectivity index (χ0v) is 10.8. The summed E-state index contributed by atoms with van der Waals surface area (Å²) in [4.78, 5) is 22.7. The zero-order valence-electron chi connectivity index (χ0n) is 10.8. The molecule has 0 bridgehead atoms. The normalized spacial score (nSPS) is 10.2. The number of hydrogen-bond donors (Lipinski definition) is 2. The number of halogens is 2. The van der Waals surface area contributed by atoms with Crippen LogP contribution in [0.4, 0.5) is 14.5 Å². The average molecular weight is 291 g/mol. The van der Waals surface area contributed by atoms with Gasteiger partial charge in [0.1, 0.15) is 11.6 Å². The molecule has 2 aromatic rings. The molecule has 0 aromatic heterocycles. The zero-order chi connectivity index (χ0) is 15.4. The van der Waals surface area contributed by atoms with E-state index in [2.05, 4.69) is 5.32 Å². The van der Waals surface area contributed by atoms with Gasteiger partial charge in [-0.25, -0.2) is 8.78 Å². The van der Waals surface area contributed by atoms with Gasteiger partial charge < -0.3 is 10.4 Å². The Morgan fingerprint density at radius 3 is 2.52 bits per heavy atom. The minimum Gasteiger partial charge on any atom is -0.481 e. The number of para-hydroxylation sites is 1. The summed E-state index contributed by atoms with van der Waals surface area (Å²) in [6, 6.07) is 8.79. The maximum absolute atomic E-state index is 13.5. The first kappa shape index (κ1) is 14.6. The van der Waals surface area contributed by atoms with Crippen LogP contribution >= 0.6 is 0 Å². The van der Waals surface area contributed by atoms with Crippen molar-refractivity contribution in [2.45, 2.75) is 6.42 Å². The number of benzene rings is 2. The number of hydrogen-bond acceptors (Lipinski definition) is 2. The van der Waals surface area contributed by atoms with Gasteiger partial charge in [-0.15, -0.1) is 0 Å². The fourth-order valence-corrected chi connectivity index (χ4v) is 1.82. The molecule has 0 aliphatic carbocycles. The number of nitrogens with one attached hydrogen (secondary N) is 1. The third-order valence-electron chi connectivity index (χ3n) is 2.78. The van der Waals surface area contributed by atoms with E-state index in [-0.39, 0.29) is 12.1 Å². The summed E-state index contributed by atoms with van der Waals surface area (Å²) in [6.07, 6.45) is -0.290. The molecule has 2 N–H and O–H groups in total. The van der Waals surface area contributed by atoms with E-state index in [0.29, 0.717) is 5.56 Å². The minimum atomic E-state index is -1.06. The molecule has 0 fully saturated rings. The van der Waals surface area contributed by atoms with Gasteiger partial charge in [0.2, 0.25) is 0 Å². The number of carboxylic acids is 1. The van der Waals surface area contributed by atoms with Crippen molar-refractivity contribution in [3.05, 3.63) is 65.2 Å². The van der Waals surface area contributed by atoms with Crippen LogP contribution in [0.1, 0.15) is 15.9 Å². The smallest absolute Gasteiger partial charge is 0.307 e. The van der Waals surface area contributed by atoms with Crippen LogP contribution in [0.15, 0.2) is 42.5 Å². The lowest BCUT2D eigenvalue weighted by Gasteiger charge is -2.10. The Morgan fingerprint density at radius 2 is 1.81 bits per heavy atom. The van der Waals surface area contributed by atoms with Crippen molar-refractivity contribution in [1.82, 2.24) is 0 Å². The first-order valence-electron chi connectivity index (χ1n) is 6.03. The van der Waals surface area contributed by atoms with E-state index in [4.69, 9.17) is 5.11 Å². The summed E-state index contributed by atoms with van der Waals surface area (Å²) in [5.74, 6) is -3.50. The summed E-state index contributed by atoms with van der Waals surface area (Å²) < 4.78 is 26.6. The van der Waals surface area contributed by atoms with E-state index in [1.54, 1.807) is 12.1 Å². The Balaban J connectivity index is 2.27. The number of aliphatic carboxylic acids is 1. The lowest BCUT2D eigenvalue weighted by Crippen LogP contribution is -2.16. The molecule has 4 nitrogen and oxygen atoms in total. The Morgan fingerprint density at radius 1 is 1.10 bits per heavy atom. The van der Waals surface area contributed by atoms with Crippen molar-refractivity contribution in [2.75, 3.05) is 5.32 Å². The predicted octanol–water partition coefficient (Wildman–Crippen LogP) is 2.84. The highest BCUT2D eigenvalue weighted by Gasteiger charge is 2.15. The molecule has 0 spiro atoms. The van der Waals surface area contributed by atoms with Gasteiger partial charge in [-0.05, 0) is 29.8 Å². The Labute approximate surface area is 119 Å². The van der Waals surface area contributed by atoms with Gasteiger partial charge >= 0.3 is 5.97 Å². The molecular weight excluding hydrogens is 280 g/mol. The molecule has 0 saturated heterocycles. The number of carbonyl (C=O) groups excluding carboxylic acids is 1. The molecule has 2 rings (SSSR count). The van der Waals surface area contributed by atoms with E-state index in [9.17, 15) is 18.4 Å². The SMILES string of the molecule is O=C(O)Cc1ccccc1NC(=O)c1cc(F)ccc1F. The van der Waals surface area contributed by atoms with Crippen LogP contribution in [0.5, 0.6) is 0 Å². The Kier molecular flexibility index (Phi) is 4.27. The van der Waals surface area contributed by atoms with Crippen LogP contribution in [0, 0.1) is 11.6 Å². The van der Waals surface area contributed by atoms with Gasteiger partial charge in [0.15, 0.2) is 0 Å². The maximum atomic E-state index is 13.5. The van der Waals surface area contributed by atoms with Crippen LogP contribution in [0.3, 0.4) is 0 Å². The highest BCUT2D eigenvalue weighted by Crippen LogP contribution is 2.18. The lowest BCUT2D eigenvalue weighted by molar-refractivity contribution is -0.136. The molecule has 108 valence electrons. The number of carboxylic acid groups (broad SMARTS) is 1. The molecular formula is C15H11F2NO3. The Hall–Kier alpha value is -2.76. The number of anilines is 1. The number of amides is 1. The van der Waals surface area contributed by atoms with Crippen LogP contribution in [-0.4, -0.2) is 17.0 Å². The summed E-state index contributed by atoms with van der Waals surface area (Å²) in [6.45, 7) is 0. The first-order valence-corrected chi connectivity index (χ1v) is 6.03. The van der Waals surface area contributed by atoms with Crippen LogP contribution < -0.4 is 5.32 Å². The van der Waals surface area contributed by atoms with E-state index >= 15 is 0 Å². The molecule has 0 heterocycles. The molecule has 0 aliphatic heterocycles. The quantitative estimate of drug-likeness (QED) is 0.910. The molecule has 6 heteroatoms. The standard InChI is InChI=1S/C15H11F2NO3/c16-10-5-6-12(17)11(8-10)15(21)18-13-4-2-1-3-9(13)7-14(19)20/h1-6,8H,7H2,(H,18,21)(H,19,20). The second-order valence-electron chi connectivity index (χ2n) is 4.31. The van der Waals surface area contributed by atoms with Gasteiger partial charge in [-0.3, -0.25) is 9.59 Å². The van der Waals surface area contributed by atoms with Crippen LogP contribution in [0.2, 0.25) is 0 Å². The molecule has 0 aliphatic rings. The molecule has 0 atom stereocenters. The molecule has 0 radical (unpaired) electrons. The highest BCUT2D eigenvalue weighted by atomic mass is 19.1. The summed E-state index contributed by atoms with van der Waals surface area (Å²) in [5.41, 5.74) is 0.170. The number of rotatable bonds is 4. The van der Waals surface area contributed by atoms with Gasteiger partial charge in [0.25, 0.3) is 5.91 Å². The monoisotopic (exact) mass is 291 g/mol. The summed E-state index contributed by atoms with van der Waals surface area (Å²) >= 11 is 0. The largest absolute Gasteiger partial charge is 0.481 e. The fourth-order valence-electron chi connectivity index (χ4n) is 1.82. The van der Waals surface area contributed by atoms with E-state index < -0.39 is 29.1 Å². The second-order valence-corrected chi connectivity index (χ2v) is 4.31. The molecule has 2 aromatic carbocycles. The third-order valence-corrected chi connectivity index (χ3v) is 2.78. The van der Waals surface area contributed by atoms with Gasteiger partial charge in [-0.2, -0.15) is 0 Å². The van der Waals surface area contributed by atoms with Gasteiger partial charge in [-0.1, -0.05) is 18.2 Å². The Bertz CT molecular complexity index is 701. The highest BCUT2D eigenvalue weighted by molar-refractivity contribution is 6.05. The topological polar surface area (TPSA) is 66.4 Å². The van der Waals surface area contributed by atoms with Gasteiger partial charge in [0, 0.05) is 5.69 Å². The van der Waals surface area contributed by atoms with E-state index in [1.165, 1.54) is 12.1 Å². The predicted molar refractivity (Wildman–Crippen MR) is 72.1 cm³/mol. The lowest BCUT2D eigenvalue weighted by atomic mass is 10.1. The van der Waals surface area contributed by atoms with Crippen molar-refractivity contribution in [2.24, 2.45) is 0 Å². The fraction of sp³-hybridized carbons (Fsp3) is 0.0667. The first-order chi connectivity index (χ1) is 9.97. The van der Waals surface area contributed by atoms with Crippen molar-refractivity contribution in [3.63, 3.8) is 0 Å². The summed E-state index contributed by atoms with van der Waals surface area (Å²) in [5, 5.41) is 11.2. The van der Waals surface area contributed by atoms with Crippen molar-refractivity contribution >= 4 is 17.6 Å². The molecule has 0 unspecified atom stereocenters. The van der Waals surface area contributed by atoms with Crippen molar-refractivity contribution < 1.29 is 23.5 Å².